The molecule has 5 rings (SSSR count). The first-order valence-corrected chi connectivity index (χ1v) is 12.4. The zero-order valence-electron chi connectivity index (χ0n) is 21.0. The van der Waals surface area contributed by atoms with Gasteiger partial charge in [-0.1, -0.05) is 0 Å². The number of carbonyl (C=O) groups is 1. The van der Waals surface area contributed by atoms with E-state index in [1.165, 1.54) is 5.56 Å². The number of aromatic nitrogens is 4. The van der Waals surface area contributed by atoms with E-state index in [0.29, 0.717) is 32.1 Å². The number of nitrogens with zero attached hydrogens (tertiary/aromatic N) is 6. The van der Waals surface area contributed by atoms with Gasteiger partial charge in [0.2, 0.25) is 0 Å². The first kappa shape index (κ1) is 23.9. The lowest BCUT2D eigenvalue weighted by Crippen LogP contribution is -2.39. The van der Waals surface area contributed by atoms with Gasteiger partial charge in [-0.05, 0) is 51.5 Å². The van der Waals surface area contributed by atoms with E-state index in [4.69, 9.17) is 14.7 Å². The van der Waals surface area contributed by atoms with Gasteiger partial charge in [0.1, 0.15) is 17.5 Å². The molecule has 3 aromatic rings. The van der Waals surface area contributed by atoms with Crippen molar-refractivity contribution in [3.63, 3.8) is 0 Å². The maximum atomic E-state index is 11.9. The zero-order chi connectivity index (χ0) is 25.1. The fourth-order valence-electron chi connectivity index (χ4n) is 4.67. The summed E-state index contributed by atoms with van der Waals surface area (Å²) in [5.74, 6) is 3.38. The van der Waals surface area contributed by atoms with Crippen LogP contribution >= 0.6 is 0 Å². The van der Waals surface area contributed by atoms with Gasteiger partial charge in [0.15, 0.2) is 5.82 Å². The molecule has 188 valence electrons. The number of amides is 2. The molecule has 2 aliphatic rings. The number of morpholine rings is 1. The Hall–Kier alpha value is -3.79. The number of nitrogens with one attached hydrogen (secondary N) is 2. The van der Waals surface area contributed by atoms with Crippen LogP contribution in [0.4, 0.5) is 22.1 Å². The second kappa shape index (κ2) is 10.4. The molecule has 10 nitrogen and oxygen atoms in total. The van der Waals surface area contributed by atoms with Crippen LogP contribution in [0, 0.1) is 13.8 Å². The lowest BCUT2D eigenvalue weighted by molar-refractivity contribution is 0.122. The summed E-state index contributed by atoms with van der Waals surface area (Å²) < 4.78 is 5.59. The standard InChI is InChI=1S/C26H32N8O2/c1-4-27-26(35)30-20-7-5-19(6-8-20)24-31-22-16-34(23-15-17(2)28-18(3)29-23)10-9-21(22)25(32-24)33-11-13-36-14-12-33/h5-8,15H,4,9-14,16H2,1-3H3,(H2,27,30,35). The van der Waals surface area contributed by atoms with Crippen molar-refractivity contribution in [1.29, 1.82) is 0 Å². The number of ether oxygens (including phenoxy) is 1. The van der Waals surface area contributed by atoms with E-state index in [1.54, 1.807) is 0 Å². The van der Waals surface area contributed by atoms with Crippen molar-refractivity contribution in [2.75, 3.05) is 54.5 Å². The molecular formula is C26H32N8O2. The highest BCUT2D eigenvalue weighted by Gasteiger charge is 2.27. The lowest BCUT2D eigenvalue weighted by Gasteiger charge is -2.34. The first-order valence-electron chi connectivity index (χ1n) is 12.4. The van der Waals surface area contributed by atoms with Gasteiger partial charge in [0.25, 0.3) is 0 Å². The first-order chi connectivity index (χ1) is 17.5. The number of aryl methyl sites for hydroxylation is 2. The molecule has 0 bridgehead atoms. The third kappa shape index (κ3) is 5.23. The van der Waals surface area contributed by atoms with E-state index in [-0.39, 0.29) is 6.03 Å². The zero-order valence-corrected chi connectivity index (χ0v) is 21.0. The van der Waals surface area contributed by atoms with E-state index in [2.05, 4.69) is 30.4 Å². The number of anilines is 3. The molecule has 0 radical (unpaired) electrons. The van der Waals surface area contributed by atoms with Gasteiger partial charge >= 0.3 is 6.03 Å². The molecule has 36 heavy (non-hydrogen) atoms. The monoisotopic (exact) mass is 488 g/mol. The van der Waals surface area contributed by atoms with Crippen molar-refractivity contribution < 1.29 is 9.53 Å². The summed E-state index contributed by atoms with van der Waals surface area (Å²) in [4.78, 5) is 35.6. The average Bonchev–Trinajstić information content (AvgIpc) is 2.88. The smallest absolute Gasteiger partial charge is 0.319 e. The third-order valence-corrected chi connectivity index (χ3v) is 6.37. The predicted octanol–water partition coefficient (Wildman–Crippen LogP) is 3.09. The maximum absolute atomic E-state index is 11.9. The molecule has 0 unspecified atom stereocenters. The minimum atomic E-state index is -0.222. The van der Waals surface area contributed by atoms with Crippen LogP contribution in [0.2, 0.25) is 0 Å². The van der Waals surface area contributed by atoms with Crippen LogP contribution in [0.1, 0.15) is 29.7 Å². The highest BCUT2D eigenvalue weighted by molar-refractivity contribution is 5.89. The quantitative estimate of drug-likeness (QED) is 0.564. The number of carbonyl (C=O) groups excluding carboxylic acids is 1. The molecule has 4 heterocycles. The second-order valence-corrected chi connectivity index (χ2v) is 9.04. The molecule has 2 N–H and O–H groups in total. The summed E-state index contributed by atoms with van der Waals surface area (Å²) in [6.07, 6.45) is 0.847. The van der Waals surface area contributed by atoms with Gasteiger partial charge < -0.3 is 25.2 Å². The number of rotatable bonds is 5. The third-order valence-electron chi connectivity index (χ3n) is 6.37. The molecule has 1 aromatic carbocycles. The van der Waals surface area contributed by atoms with E-state index < -0.39 is 0 Å². The Kier molecular flexibility index (Phi) is 6.95. The van der Waals surface area contributed by atoms with Crippen LogP contribution in [0.5, 0.6) is 0 Å². The molecule has 0 atom stereocenters. The van der Waals surface area contributed by atoms with Crippen LogP contribution in [0.3, 0.4) is 0 Å². The lowest BCUT2D eigenvalue weighted by atomic mass is 10.0. The molecular weight excluding hydrogens is 456 g/mol. The number of urea groups is 1. The van der Waals surface area contributed by atoms with Crippen LogP contribution in [0.15, 0.2) is 30.3 Å². The molecule has 0 spiro atoms. The predicted molar refractivity (Wildman–Crippen MR) is 139 cm³/mol. The van der Waals surface area contributed by atoms with Crippen LogP contribution in [-0.4, -0.2) is 65.4 Å². The summed E-state index contributed by atoms with van der Waals surface area (Å²) in [6, 6.07) is 9.46. The van der Waals surface area contributed by atoms with Crippen LogP contribution in [-0.2, 0) is 17.7 Å². The molecule has 2 amide bonds. The Balaban J connectivity index is 1.48. The molecule has 0 saturated carbocycles. The Labute approximate surface area is 211 Å². The fraction of sp³-hybridized carbons (Fsp3) is 0.423. The maximum Gasteiger partial charge on any atom is 0.319 e. The average molecular weight is 489 g/mol. The van der Waals surface area contributed by atoms with Gasteiger partial charge in [-0.25, -0.2) is 24.7 Å². The summed E-state index contributed by atoms with van der Waals surface area (Å²) in [7, 11) is 0. The highest BCUT2D eigenvalue weighted by Crippen LogP contribution is 2.32. The summed E-state index contributed by atoms with van der Waals surface area (Å²) in [5, 5.41) is 5.57. The Bertz CT molecular complexity index is 1220. The molecule has 1 fully saturated rings. The van der Waals surface area contributed by atoms with Gasteiger partial charge in [-0.3, -0.25) is 0 Å². The van der Waals surface area contributed by atoms with Crippen molar-refractivity contribution in [3.8, 4) is 11.4 Å². The Morgan fingerprint density at radius 1 is 1.00 bits per heavy atom. The molecule has 10 heteroatoms. The minimum Gasteiger partial charge on any atom is -0.378 e. The summed E-state index contributed by atoms with van der Waals surface area (Å²) in [6.45, 7) is 10.9. The van der Waals surface area contributed by atoms with Crippen molar-refractivity contribution >= 4 is 23.4 Å². The number of fused-ring (bicyclic) bond motifs is 1. The van der Waals surface area contributed by atoms with Crippen molar-refractivity contribution in [2.24, 2.45) is 0 Å². The number of benzene rings is 1. The molecule has 2 aliphatic heterocycles. The minimum absolute atomic E-state index is 0.222. The topological polar surface area (TPSA) is 108 Å². The SMILES string of the molecule is CCNC(=O)Nc1ccc(-c2nc3c(c(N4CCOCC4)n2)CCN(c2cc(C)nc(C)n2)C3)cc1. The normalized spacial score (nSPS) is 15.4. The number of hydrogen-bond donors (Lipinski definition) is 2. The molecule has 0 aliphatic carbocycles. The fourth-order valence-corrected chi connectivity index (χ4v) is 4.67. The van der Waals surface area contributed by atoms with Gasteiger partial charge in [-0.2, -0.15) is 0 Å². The van der Waals surface area contributed by atoms with E-state index in [0.717, 1.165) is 66.2 Å². The van der Waals surface area contributed by atoms with Crippen LogP contribution < -0.4 is 20.4 Å². The Morgan fingerprint density at radius 2 is 1.78 bits per heavy atom. The van der Waals surface area contributed by atoms with Crippen molar-refractivity contribution in [2.45, 2.75) is 33.7 Å². The van der Waals surface area contributed by atoms with E-state index in [9.17, 15) is 4.79 Å². The van der Waals surface area contributed by atoms with Crippen molar-refractivity contribution in [1.82, 2.24) is 25.3 Å². The van der Waals surface area contributed by atoms with Gasteiger partial charge in [0.05, 0.1) is 25.5 Å². The largest absolute Gasteiger partial charge is 0.378 e. The second-order valence-electron chi connectivity index (χ2n) is 9.04. The number of hydrogen-bond acceptors (Lipinski definition) is 8. The van der Waals surface area contributed by atoms with Gasteiger partial charge in [-0.15, -0.1) is 0 Å². The van der Waals surface area contributed by atoms with E-state index >= 15 is 0 Å². The van der Waals surface area contributed by atoms with E-state index in [1.807, 2.05) is 51.1 Å². The summed E-state index contributed by atoms with van der Waals surface area (Å²) >= 11 is 0. The van der Waals surface area contributed by atoms with Crippen molar-refractivity contribution in [3.05, 3.63) is 53.1 Å². The molecule has 1 saturated heterocycles. The summed E-state index contributed by atoms with van der Waals surface area (Å²) in [5.41, 5.74) is 4.80. The molecule has 2 aromatic heterocycles. The highest BCUT2D eigenvalue weighted by atomic mass is 16.5. The van der Waals surface area contributed by atoms with Gasteiger partial charge in [0, 0.05) is 54.8 Å². The van der Waals surface area contributed by atoms with Crippen LogP contribution in [0.25, 0.3) is 11.4 Å². The Morgan fingerprint density at radius 3 is 2.50 bits per heavy atom.